The SMILES string of the molecule is C=CC(=O)OCC.C=CC(=O)OCCCC.C=COC(C)=O. The number of hydrogen-bond donors (Lipinski definition) is 0. The zero-order chi connectivity index (χ0) is 17.8. The molecule has 0 saturated heterocycles. The van der Waals surface area contributed by atoms with E-state index in [0.29, 0.717) is 13.2 Å². The molecule has 0 aliphatic heterocycles. The Kier molecular flexibility index (Phi) is 23.4. The molecule has 0 rings (SSSR count). The predicted molar refractivity (Wildman–Crippen MR) is 84.9 cm³/mol. The number of rotatable bonds is 7. The van der Waals surface area contributed by atoms with Gasteiger partial charge < -0.3 is 14.2 Å². The van der Waals surface area contributed by atoms with Crippen molar-refractivity contribution in [2.24, 2.45) is 0 Å². The van der Waals surface area contributed by atoms with Crippen LogP contribution >= 0.6 is 0 Å². The molecule has 0 amide bonds. The van der Waals surface area contributed by atoms with Crippen LogP contribution < -0.4 is 0 Å². The predicted octanol–water partition coefficient (Wildman–Crippen LogP) is 2.94. The summed E-state index contributed by atoms with van der Waals surface area (Å²) in [6.07, 6.45) is 5.39. The van der Waals surface area contributed by atoms with E-state index in [1.54, 1.807) is 6.92 Å². The normalized spacial score (nSPS) is 7.77. The molecule has 6 heteroatoms. The second-order valence-corrected chi connectivity index (χ2v) is 3.46. The molecule has 0 spiro atoms. The van der Waals surface area contributed by atoms with Crippen LogP contribution in [0.5, 0.6) is 0 Å². The Labute approximate surface area is 132 Å². The van der Waals surface area contributed by atoms with Gasteiger partial charge in [0.05, 0.1) is 19.5 Å². The van der Waals surface area contributed by atoms with Crippen molar-refractivity contribution in [2.45, 2.75) is 33.6 Å². The Bertz CT molecular complexity index is 347. The van der Waals surface area contributed by atoms with Crippen molar-refractivity contribution in [2.75, 3.05) is 13.2 Å². The second kappa shape index (κ2) is 20.9. The fraction of sp³-hybridized carbons (Fsp3) is 0.438. The highest BCUT2D eigenvalue weighted by Gasteiger charge is 1.91. The molecule has 0 aromatic carbocycles. The molecule has 0 aromatic rings. The molecule has 0 atom stereocenters. The van der Waals surface area contributed by atoms with Crippen LogP contribution in [0.1, 0.15) is 33.6 Å². The Balaban J connectivity index is -0.000000252. The molecule has 0 saturated carbocycles. The summed E-state index contributed by atoms with van der Waals surface area (Å²) in [6.45, 7) is 15.7. The van der Waals surface area contributed by atoms with Crippen LogP contribution in [0, 0.1) is 0 Å². The first-order valence-corrected chi connectivity index (χ1v) is 6.75. The van der Waals surface area contributed by atoms with Crippen LogP contribution in [0.2, 0.25) is 0 Å². The summed E-state index contributed by atoms with van der Waals surface area (Å²) in [5, 5.41) is 0. The van der Waals surface area contributed by atoms with E-state index in [9.17, 15) is 14.4 Å². The average Bonchev–Trinajstić information content (AvgIpc) is 2.48. The quantitative estimate of drug-likeness (QED) is 0.236. The van der Waals surface area contributed by atoms with E-state index in [2.05, 4.69) is 33.9 Å². The molecule has 126 valence electrons. The summed E-state index contributed by atoms with van der Waals surface area (Å²) in [7, 11) is 0. The first-order chi connectivity index (χ1) is 10.4. The lowest BCUT2D eigenvalue weighted by Gasteiger charge is -1.97. The molecule has 0 aromatic heterocycles. The first kappa shape index (κ1) is 24.6. The van der Waals surface area contributed by atoms with Gasteiger partial charge in [0, 0.05) is 19.1 Å². The minimum absolute atomic E-state index is 0.329. The van der Waals surface area contributed by atoms with Gasteiger partial charge in [-0.25, -0.2) is 9.59 Å². The van der Waals surface area contributed by atoms with Crippen LogP contribution in [0.25, 0.3) is 0 Å². The van der Waals surface area contributed by atoms with Crippen molar-refractivity contribution in [3.8, 4) is 0 Å². The van der Waals surface area contributed by atoms with Gasteiger partial charge in [-0.05, 0) is 13.3 Å². The molecular weight excluding hydrogens is 288 g/mol. The van der Waals surface area contributed by atoms with E-state index < -0.39 is 0 Å². The van der Waals surface area contributed by atoms with E-state index in [0.717, 1.165) is 25.2 Å². The Hall–Kier alpha value is -2.37. The number of carbonyl (C=O) groups is 3. The van der Waals surface area contributed by atoms with E-state index in [-0.39, 0.29) is 17.9 Å². The van der Waals surface area contributed by atoms with E-state index in [4.69, 9.17) is 0 Å². The summed E-state index contributed by atoms with van der Waals surface area (Å²) in [4.78, 5) is 30.2. The van der Waals surface area contributed by atoms with Gasteiger partial charge in [-0.1, -0.05) is 33.1 Å². The third-order valence-corrected chi connectivity index (χ3v) is 1.61. The molecule has 0 fully saturated rings. The zero-order valence-corrected chi connectivity index (χ0v) is 13.6. The standard InChI is InChI=1S/C7H12O2.C5H8O2.C4H6O2/c1-3-5-6-9-7(8)4-2;1-3-5(6)7-4-2;1-3-6-4(2)5/h4H,2-3,5-6H2,1H3;3H,1,4H2,2H3;3H,1H2,2H3. The lowest BCUT2D eigenvalue weighted by molar-refractivity contribution is -0.138. The highest BCUT2D eigenvalue weighted by molar-refractivity contribution is 5.81. The number of hydrogen-bond acceptors (Lipinski definition) is 6. The molecule has 0 aliphatic carbocycles. The van der Waals surface area contributed by atoms with E-state index in [1.165, 1.54) is 13.0 Å². The van der Waals surface area contributed by atoms with Gasteiger partial charge in [-0.15, -0.1) is 0 Å². The average molecular weight is 314 g/mol. The van der Waals surface area contributed by atoms with Gasteiger partial charge >= 0.3 is 17.9 Å². The van der Waals surface area contributed by atoms with Crippen molar-refractivity contribution in [1.82, 2.24) is 0 Å². The maximum absolute atomic E-state index is 10.3. The van der Waals surface area contributed by atoms with Gasteiger partial charge in [-0.3, -0.25) is 4.79 Å². The third kappa shape index (κ3) is 30.6. The number of ether oxygens (including phenoxy) is 3. The monoisotopic (exact) mass is 314 g/mol. The highest BCUT2D eigenvalue weighted by atomic mass is 16.5. The number of unbranched alkanes of at least 4 members (excludes halogenated alkanes) is 1. The smallest absolute Gasteiger partial charge is 0.330 e. The Morgan fingerprint density at radius 3 is 1.68 bits per heavy atom. The van der Waals surface area contributed by atoms with Crippen LogP contribution in [-0.4, -0.2) is 31.1 Å². The molecule has 0 N–H and O–H groups in total. The topological polar surface area (TPSA) is 78.9 Å². The minimum atomic E-state index is -0.359. The second-order valence-electron chi connectivity index (χ2n) is 3.46. The zero-order valence-electron chi connectivity index (χ0n) is 13.6. The third-order valence-electron chi connectivity index (χ3n) is 1.61. The van der Waals surface area contributed by atoms with E-state index >= 15 is 0 Å². The van der Waals surface area contributed by atoms with Crippen molar-refractivity contribution >= 4 is 17.9 Å². The molecule has 0 unspecified atom stereocenters. The van der Waals surface area contributed by atoms with Gasteiger partial charge in [-0.2, -0.15) is 0 Å². The summed E-state index contributed by atoms with van der Waals surface area (Å²) >= 11 is 0. The van der Waals surface area contributed by atoms with Crippen molar-refractivity contribution in [3.05, 3.63) is 38.2 Å². The van der Waals surface area contributed by atoms with Gasteiger partial charge in [0.15, 0.2) is 0 Å². The van der Waals surface area contributed by atoms with Crippen molar-refractivity contribution < 1.29 is 28.6 Å². The Morgan fingerprint density at radius 2 is 1.45 bits per heavy atom. The highest BCUT2D eigenvalue weighted by Crippen LogP contribution is 1.88. The molecule has 0 radical (unpaired) electrons. The molecular formula is C16H26O6. The molecule has 0 bridgehead atoms. The summed E-state index contributed by atoms with van der Waals surface area (Å²) in [5.74, 6) is -1.02. The van der Waals surface area contributed by atoms with Crippen LogP contribution in [0.15, 0.2) is 38.2 Å². The molecule has 0 aliphatic rings. The van der Waals surface area contributed by atoms with Crippen LogP contribution in [0.3, 0.4) is 0 Å². The fourth-order valence-corrected chi connectivity index (χ4v) is 0.695. The summed E-state index contributed by atoms with van der Waals surface area (Å²) in [5.41, 5.74) is 0. The van der Waals surface area contributed by atoms with Crippen molar-refractivity contribution in [1.29, 1.82) is 0 Å². The summed E-state index contributed by atoms with van der Waals surface area (Å²) in [6, 6.07) is 0. The fourth-order valence-electron chi connectivity index (χ4n) is 0.695. The van der Waals surface area contributed by atoms with Crippen LogP contribution in [-0.2, 0) is 28.6 Å². The van der Waals surface area contributed by atoms with Gasteiger partial charge in [0.25, 0.3) is 0 Å². The largest absolute Gasteiger partial charge is 0.463 e. The van der Waals surface area contributed by atoms with Gasteiger partial charge in [0.2, 0.25) is 0 Å². The lowest BCUT2D eigenvalue weighted by atomic mass is 10.4. The maximum atomic E-state index is 10.3. The van der Waals surface area contributed by atoms with Crippen LogP contribution in [0.4, 0.5) is 0 Å². The van der Waals surface area contributed by atoms with E-state index in [1.807, 2.05) is 6.92 Å². The van der Waals surface area contributed by atoms with Gasteiger partial charge in [0.1, 0.15) is 0 Å². The minimum Gasteiger partial charge on any atom is -0.463 e. The lowest BCUT2D eigenvalue weighted by Crippen LogP contribution is -2.00. The molecule has 6 nitrogen and oxygen atoms in total. The molecule has 0 heterocycles. The van der Waals surface area contributed by atoms with Crippen molar-refractivity contribution in [3.63, 3.8) is 0 Å². The number of carbonyl (C=O) groups excluding carboxylic acids is 3. The summed E-state index contributed by atoms with van der Waals surface area (Å²) < 4.78 is 13.3. The maximum Gasteiger partial charge on any atom is 0.330 e. The Morgan fingerprint density at radius 1 is 0.955 bits per heavy atom. The molecule has 22 heavy (non-hydrogen) atoms. The number of esters is 3. The first-order valence-electron chi connectivity index (χ1n) is 6.75.